The summed E-state index contributed by atoms with van der Waals surface area (Å²) < 4.78 is 4.71. The molecule has 1 aromatic heterocycles. The molecule has 7 heteroatoms. The molecule has 3 rings (SSSR count). The summed E-state index contributed by atoms with van der Waals surface area (Å²) in [5, 5.41) is 0.553. The van der Waals surface area contributed by atoms with Crippen molar-refractivity contribution in [1.29, 1.82) is 0 Å². The van der Waals surface area contributed by atoms with E-state index in [1.165, 1.54) is 7.11 Å². The molecule has 0 radical (unpaired) electrons. The Morgan fingerprint density at radius 3 is 2.39 bits per heavy atom. The van der Waals surface area contributed by atoms with E-state index >= 15 is 0 Å². The van der Waals surface area contributed by atoms with E-state index in [0.29, 0.717) is 10.6 Å². The van der Waals surface area contributed by atoms with E-state index in [4.69, 9.17) is 16.3 Å². The van der Waals surface area contributed by atoms with Crippen molar-refractivity contribution in [2.24, 2.45) is 0 Å². The van der Waals surface area contributed by atoms with Gasteiger partial charge >= 0.3 is 5.97 Å². The van der Waals surface area contributed by atoms with Gasteiger partial charge in [0.15, 0.2) is 0 Å². The van der Waals surface area contributed by atoms with Gasteiger partial charge in [-0.2, -0.15) is 0 Å². The molecular formula is C16H17ClN4O2. The van der Waals surface area contributed by atoms with Gasteiger partial charge in [-0.05, 0) is 24.3 Å². The third kappa shape index (κ3) is 3.37. The number of halogens is 1. The minimum Gasteiger partial charge on any atom is -0.465 e. The molecule has 1 saturated heterocycles. The molecule has 0 amide bonds. The fourth-order valence-corrected chi connectivity index (χ4v) is 2.91. The van der Waals surface area contributed by atoms with Crippen molar-refractivity contribution in [1.82, 2.24) is 9.97 Å². The Kier molecular flexibility index (Phi) is 4.62. The minimum absolute atomic E-state index is 0.385. The van der Waals surface area contributed by atoms with Crippen LogP contribution in [-0.2, 0) is 4.74 Å². The summed E-state index contributed by atoms with van der Waals surface area (Å²) in [4.78, 5) is 24.4. The van der Waals surface area contributed by atoms with Crippen molar-refractivity contribution < 1.29 is 9.53 Å². The quantitative estimate of drug-likeness (QED) is 0.803. The molecule has 1 aromatic carbocycles. The van der Waals surface area contributed by atoms with Crippen LogP contribution in [0.3, 0.4) is 0 Å². The van der Waals surface area contributed by atoms with Gasteiger partial charge in [-0.25, -0.2) is 14.8 Å². The average molecular weight is 333 g/mol. The Morgan fingerprint density at radius 1 is 1.13 bits per heavy atom. The highest BCUT2D eigenvalue weighted by atomic mass is 35.5. The van der Waals surface area contributed by atoms with Gasteiger partial charge in [0.2, 0.25) is 5.95 Å². The lowest BCUT2D eigenvalue weighted by atomic mass is 10.2. The summed E-state index contributed by atoms with van der Waals surface area (Å²) in [5.41, 5.74) is 1.38. The van der Waals surface area contributed by atoms with Crippen molar-refractivity contribution in [3.8, 4) is 0 Å². The molecule has 0 saturated carbocycles. The molecule has 0 atom stereocenters. The van der Waals surface area contributed by atoms with Gasteiger partial charge in [-0.3, -0.25) is 0 Å². The number of rotatable bonds is 3. The van der Waals surface area contributed by atoms with Crippen molar-refractivity contribution in [2.45, 2.75) is 0 Å². The number of carbonyl (C=O) groups is 1. The highest BCUT2D eigenvalue weighted by Crippen LogP contribution is 2.28. The van der Waals surface area contributed by atoms with E-state index in [-0.39, 0.29) is 5.97 Å². The van der Waals surface area contributed by atoms with Crippen molar-refractivity contribution in [3.05, 3.63) is 47.2 Å². The zero-order valence-corrected chi connectivity index (χ0v) is 13.5. The lowest BCUT2D eigenvalue weighted by Crippen LogP contribution is -2.47. The van der Waals surface area contributed by atoms with Gasteiger partial charge < -0.3 is 14.5 Å². The zero-order valence-electron chi connectivity index (χ0n) is 12.8. The Balaban J connectivity index is 1.69. The molecule has 2 aromatic rings. The monoisotopic (exact) mass is 332 g/mol. The standard InChI is InChI=1S/C16H17ClN4O2/c1-23-15(22)12-3-4-14(13(17)11-12)20-7-9-21(10-8-20)16-18-5-2-6-19-16/h2-6,11H,7-10H2,1H3. The van der Waals surface area contributed by atoms with Crippen LogP contribution in [-0.4, -0.2) is 49.2 Å². The molecular weight excluding hydrogens is 316 g/mol. The lowest BCUT2D eigenvalue weighted by molar-refractivity contribution is 0.0601. The van der Waals surface area contributed by atoms with Crippen LogP contribution in [0.5, 0.6) is 0 Å². The van der Waals surface area contributed by atoms with Gasteiger partial charge in [0.25, 0.3) is 0 Å². The second-order valence-corrected chi connectivity index (χ2v) is 5.59. The van der Waals surface area contributed by atoms with Gasteiger partial charge in [0.05, 0.1) is 23.4 Å². The third-order valence-corrected chi connectivity index (χ3v) is 4.13. The van der Waals surface area contributed by atoms with E-state index in [1.54, 1.807) is 24.5 Å². The molecule has 120 valence electrons. The molecule has 0 unspecified atom stereocenters. The maximum absolute atomic E-state index is 11.5. The predicted molar refractivity (Wildman–Crippen MR) is 89.2 cm³/mol. The Bertz CT molecular complexity index is 688. The Hall–Kier alpha value is -2.34. The highest BCUT2D eigenvalue weighted by Gasteiger charge is 2.21. The molecule has 1 aliphatic heterocycles. The van der Waals surface area contributed by atoms with E-state index < -0.39 is 0 Å². The number of hydrogen-bond donors (Lipinski definition) is 0. The number of methoxy groups -OCH3 is 1. The molecule has 0 N–H and O–H groups in total. The minimum atomic E-state index is -0.385. The van der Waals surface area contributed by atoms with Gasteiger partial charge in [-0.15, -0.1) is 0 Å². The number of piperazine rings is 1. The number of nitrogens with zero attached hydrogens (tertiary/aromatic N) is 4. The van der Waals surface area contributed by atoms with Crippen LogP contribution >= 0.6 is 11.6 Å². The number of benzene rings is 1. The van der Waals surface area contributed by atoms with Gasteiger partial charge in [0.1, 0.15) is 0 Å². The number of aromatic nitrogens is 2. The SMILES string of the molecule is COC(=O)c1ccc(N2CCN(c3ncccn3)CC2)c(Cl)c1. The number of carbonyl (C=O) groups excluding carboxylic acids is 1. The van der Waals surface area contributed by atoms with Crippen LogP contribution in [0.15, 0.2) is 36.7 Å². The normalized spacial score (nSPS) is 14.7. The second-order valence-electron chi connectivity index (χ2n) is 5.18. The third-order valence-electron chi connectivity index (χ3n) is 3.82. The number of hydrogen-bond acceptors (Lipinski definition) is 6. The first kappa shape index (κ1) is 15.6. The summed E-state index contributed by atoms with van der Waals surface area (Å²) >= 11 is 6.33. The number of ether oxygens (including phenoxy) is 1. The van der Waals surface area contributed by atoms with Crippen LogP contribution < -0.4 is 9.80 Å². The maximum atomic E-state index is 11.5. The largest absolute Gasteiger partial charge is 0.465 e. The fraction of sp³-hybridized carbons (Fsp3) is 0.312. The van der Waals surface area contributed by atoms with Crippen LogP contribution in [0.25, 0.3) is 0 Å². The van der Waals surface area contributed by atoms with Crippen molar-refractivity contribution >= 4 is 29.2 Å². The highest BCUT2D eigenvalue weighted by molar-refractivity contribution is 6.33. The van der Waals surface area contributed by atoms with Crippen LogP contribution in [0.1, 0.15) is 10.4 Å². The molecule has 0 spiro atoms. The smallest absolute Gasteiger partial charge is 0.337 e. The molecule has 23 heavy (non-hydrogen) atoms. The molecule has 6 nitrogen and oxygen atoms in total. The molecule has 1 fully saturated rings. The summed E-state index contributed by atoms with van der Waals surface area (Å²) in [6.07, 6.45) is 3.49. The van der Waals surface area contributed by atoms with Crippen molar-refractivity contribution in [3.63, 3.8) is 0 Å². The van der Waals surface area contributed by atoms with Crippen LogP contribution in [0.2, 0.25) is 5.02 Å². The average Bonchev–Trinajstić information content (AvgIpc) is 2.62. The van der Waals surface area contributed by atoms with Crippen LogP contribution in [0.4, 0.5) is 11.6 Å². The first-order chi connectivity index (χ1) is 11.2. The summed E-state index contributed by atoms with van der Waals surface area (Å²) in [7, 11) is 1.36. The van der Waals surface area contributed by atoms with E-state index in [2.05, 4.69) is 19.8 Å². The first-order valence-electron chi connectivity index (χ1n) is 7.34. The molecule has 2 heterocycles. The summed E-state index contributed by atoms with van der Waals surface area (Å²) in [6.45, 7) is 3.27. The first-order valence-corrected chi connectivity index (χ1v) is 7.71. The van der Waals surface area contributed by atoms with Gasteiger partial charge in [-0.1, -0.05) is 11.6 Å². The van der Waals surface area contributed by atoms with Crippen molar-refractivity contribution in [2.75, 3.05) is 43.1 Å². The topological polar surface area (TPSA) is 58.6 Å². The lowest BCUT2D eigenvalue weighted by Gasteiger charge is -2.36. The molecule has 0 bridgehead atoms. The zero-order chi connectivity index (χ0) is 16.2. The summed E-state index contributed by atoms with van der Waals surface area (Å²) in [6, 6.07) is 7.06. The van der Waals surface area contributed by atoms with E-state index in [9.17, 15) is 4.79 Å². The van der Waals surface area contributed by atoms with Crippen LogP contribution in [0, 0.1) is 0 Å². The number of esters is 1. The molecule has 1 aliphatic rings. The predicted octanol–water partition coefficient (Wildman–Crippen LogP) is 2.24. The van der Waals surface area contributed by atoms with E-state index in [1.807, 2.05) is 12.1 Å². The van der Waals surface area contributed by atoms with Gasteiger partial charge in [0, 0.05) is 38.6 Å². The Morgan fingerprint density at radius 2 is 1.78 bits per heavy atom. The van der Waals surface area contributed by atoms with E-state index in [0.717, 1.165) is 37.8 Å². The fourth-order valence-electron chi connectivity index (χ4n) is 2.61. The molecule has 0 aliphatic carbocycles. The second kappa shape index (κ2) is 6.83. The summed E-state index contributed by atoms with van der Waals surface area (Å²) in [5.74, 6) is 0.365. The number of anilines is 2. The Labute approximate surface area is 139 Å². The maximum Gasteiger partial charge on any atom is 0.337 e.